The zero-order valence-electron chi connectivity index (χ0n) is 16.1. The van der Waals surface area contributed by atoms with Gasteiger partial charge in [0.05, 0.1) is 0 Å². The molecule has 2 aromatic rings. The van der Waals surface area contributed by atoms with Crippen molar-refractivity contribution in [1.29, 1.82) is 0 Å². The number of hydrogen-bond acceptors (Lipinski definition) is 6. The number of thiophene rings is 1. The van der Waals surface area contributed by atoms with E-state index in [4.69, 9.17) is 4.52 Å². The van der Waals surface area contributed by atoms with Crippen LogP contribution in [0.25, 0.3) is 0 Å². The molecule has 2 aromatic heterocycles. The molecule has 0 saturated carbocycles. The molecule has 150 valence electrons. The maximum Gasteiger partial charge on any atom is 0.248 e. The lowest BCUT2D eigenvalue weighted by molar-refractivity contribution is 0.125. The minimum Gasteiger partial charge on any atom is -0.357 e. The van der Waals surface area contributed by atoms with Crippen LogP contribution >= 0.6 is 35.3 Å². The summed E-state index contributed by atoms with van der Waals surface area (Å²) in [6, 6.07) is 4.87. The second-order valence-electron chi connectivity index (χ2n) is 6.65. The molecule has 0 bridgehead atoms. The van der Waals surface area contributed by atoms with E-state index in [2.05, 4.69) is 62.2 Å². The van der Waals surface area contributed by atoms with Crippen molar-refractivity contribution in [2.24, 2.45) is 10.9 Å². The number of aromatic nitrogens is 2. The van der Waals surface area contributed by atoms with Crippen molar-refractivity contribution in [2.45, 2.75) is 39.3 Å². The van der Waals surface area contributed by atoms with E-state index in [9.17, 15) is 0 Å². The summed E-state index contributed by atoms with van der Waals surface area (Å²) < 4.78 is 5.14. The summed E-state index contributed by atoms with van der Waals surface area (Å²) in [5.41, 5.74) is 0. The van der Waals surface area contributed by atoms with Crippen LogP contribution in [0.1, 0.15) is 42.4 Å². The Morgan fingerprint density at radius 1 is 1.44 bits per heavy atom. The second-order valence-corrected chi connectivity index (χ2v) is 7.63. The predicted octanol–water partition coefficient (Wildman–Crippen LogP) is 3.20. The molecule has 2 unspecified atom stereocenters. The Morgan fingerprint density at radius 2 is 2.30 bits per heavy atom. The standard InChI is InChI=1S/C18H28N6OS.HI/c1-4-19-18(21-12-16-22-13(2)23-25-16)20-11-14-7-5-9-24(3)17(14)15-8-6-10-26-15;/h6,8,10,14,17H,4-5,7,9,11-12H2,1-3H3,(H2,19,20,21);1H. The van der Waals surface area contributed by atoms with E-state index in [1.165, 1.54) is 17.7 Å². The molecule has 1 saturated heterocycles. The lowest BCUT2D eigenvalue weighted by atomic mass is 9.88. The van der Waals surface area contributed by atoms with E-state index < -0.39 is 0 Å². The molecular formula is C18H29IN6OS. The van der Waals surface area contributed by atoms with Crippen LogP contribution in [-0.4, -0.2) is 47.7 Å². The molecular weight excluding hydrogens is 475 g/mol. The van der Waals surface area contributed by atoms with Gasteiger partial charge in [-0.05, 0) is 57.6 Å². The molecule has 0 aromatic carbocycles. The van der Waals surface area contributed by atoms with E-state index in [1.54, 1.807) is 0 Å². The van der Waals surface area contributed by atoms with Crippen LogP contribution in [0, 0.1) is 12.8 Å². The van der Waals surface area contributed by atoms with Gasteiger partial charge in [-0.2, -0.15) is 4.98 Å². The molecule has 0 radical (unpaired) electrons. The van der Waals surface area contributed by atoms with Gasteiger partial charge in [0.15, 0.2) is 11.8 Å². The zero-order chi connectivity index (χ0) is 18.4. The number of nitrogens with zero attached hydrogens (tertiary/aromatic N) is 4. The van der Waals surface area contributed by atoms with Gasteiger partial charge in [-0.25, -0.2) is 4.99 Å². The van der Waals surface area contributed by atoms with Crippen LogP contribution in [-0.2, 0) is 6.54 Å². The van der Waals surface area contributed by atoms with Crippen LogP contribution in [0.2, 0.25) is 0 Å². The van der Waals surface area contributed by atoms with Gasteiger partial charge >= 0.3 is 0 Å². The Hall–Kier alpha value is -1.20. The third-order valence-electron chi connectivity index (χ3n) is 4.66. The lowest BCUT2D eigenvalue weighted by Gasteiger charge is -2.39. The molecule has 0 spiro atoms. The number of aryl methyl sites for hydroxylation is 1. The Morgan fingerprint density at radius 3 is 2.96 bits per heavy atom. The smallest absolute Gasteiger partial charge is 0.248 e. The van der Waals surface area contributed by atoms with E-state index in [1.807, 2.05) is 18.3 Å². The fraction of sp³-hybridized carbons (Fsp3) is 0.611. The van der Waals surface area contributed by atoms with E-state index in [-0.39, 0.29) is 24.0 Å². The number of likely N-dealkylation sites (tertiary alicyclic amines) is 1. The summed E-state index contributed by atoms with van der Waals surface area (Å²) in [4.78, 5) is 12.7. The van der Waals surface area contributed by atoms with Crippen molar-refractivity contribution in [3.05, 3.63) is 34.1 Å². The third-order valence-corrected chi connectivity index (χ3v) is 5.60. The molecule has 3 rings (SSSR count). The van der Waals surface area contributed by atoms with Crippen molar-refractivity contribution in [1.82, 2.24) is 25.7 Å². The van der Waals surface area contributed by atoms with Crippen LogP contribution < -0.4 is 10.6 Å². The van der Waals surface area contributed by atoms with Gasteiger partial charge in [-0.3, -0.25) is 4.90 Å². The molecule has 2 N–H and O–H groups in total. The van der Waals surface area contributed by atoms with Gasteiger partial charge < -0.3 is 15.2 Å². The molecule has 0 amide bonds. The van der Waals surface area contributed by atoms with E-state index in [0.717, 1.165) is 25.6 Å². The molecule has 2 atom stereocenters. The summed E-state index contributed by atoms with van der Waals surface area (Å²) in [7, 11) is 2.23. The van der Waals surface area contributed by atoms with Crippen LogP contribution in [0.15, 0.2) is 27.0 Å². The van der Waals surface area contributed by atoms with Crippen molar-refractivity contribution >= 4 is 41.3 Å². The Balaban J connectivity index is 0.00000261. The number of guanidine groups is 1. The minimum atomic E-state index is 0. The Bertz CT molecular complexity index is 705. The average molecular weight is 504 g/mol. The molecule has 0 aliphatic carbocycles. The normalized spacial score (nSPS) is 20.9. The van der Waals surface area contributed by atoms with E-state index in [0.29, 0.717) is 30.2 Å². The first-order valence-electron chi connectivity index (χ1n) is 9.22. The van der Waals surface area contributed by atoms with Crippen molar-refractivity contribution < 1.29 is 4.52 Å². The lowest BCUT2D eigenvalue weighted by Crippen LogP contribution is -2.44. The second kappa shape index (κ2) is 11.0. The number of piperidine rings is 1. The summed E-state index contributed by atoms with van der Waals surface area (Å²) >= 11 is 1.85. The molecule has 1 aliphatic rings. The highest BCUT2D eigenvalue weighted by atomic mass is 127. The van der Waals surface area contributed by atoms with Crippen LogP contribution in [0.3, 0.4) is 0 Å². The first kappa shape index (κ1) is 22.1. The molecule has 3 heterocycles. The maximum absolute atomic E-state index is 5.14. The SMILES string of the molecule is CCNC(=NCc1nc(C)no1)NCC1CCCN(C)C1c1cccs1.I. The average Bonchev–Trinajstić information content (AvgIpc) is 3.29. The van der Waals surface area contributed by atoms with Gasteiger partial charge in [0.25, 0.3) is 0 Å². The highest BCUT2D eigenvalue weighted by molar-refractivity contribution is 14.0. The van der Waals surface area contributed by atoms with Crippen molar-refractivity contribution in [3.8, 4) is 0 Å². The van der Waals surface area contributed by atoms with Gasteiger partial charge in [0, 0.05) is 24.0 Å². The summed E-state index contributed by atoms with van der Waals surface area (Å²) in [5.74, 6) is 2.52. The van der Waals surface area contributed by atoms with Crippen molar-refractivity contribution in [2.75, 3.05) is 26.7 Å². The maximum atomic E-state index is 5.14. The van der Waals surface area contributed by atoms with Gasteiger partial charge in [-0.1, -0.05) is 11.2 Å². The highest BCUT2D eigenvalue weighted by Gasteiger charge is 2.31. The fourth-order valence-corrected chi connectivity index (χ4v) is 4.49. The quantitative estimate of drug-likeness (QED) is 0.358. The summed E-state index contributed by atoms with van der Waals surface area (Å²) in [5, 5.41) is 12.8. The van der Waals surface area contributed by atoms with Crippen molar-refractivity contribution in [3.63, 3.8) is 0 Å². The van der Waals surface area contributed by atoms with Gasteiger partial charge in [-0.15, -0.1) is 35.3 Å². The molecule has 9 heteroatoms. The number of rotatable bonds is 6. The number of halogens is 1. The summed E-state index contributed by atoms with van der Waals surface area (Å²) in [6.07, 6.45) is 2.46. The number of aliphatic imine (C=N–C) groups is 1. The Kier molecular flexibility index (Phi) is 8.97. The monoisotopic (exact) mass is 504 g/mol. The first-order valence-corrected chi connectivity index (χ1v) is 10.1. The molecule has 27 heavy (non-hydrogen) atoms. The minimum absolute atomic E-state index is 0. The predicted molar refractivity (Wildman–Crippen MR) is 120 cm³/mol. The topological polar surface area (TPSA) is 78.6 Å². The van der Waals surface area contributed by atoms with Crippen LogP contribution in [0.4, 0.5) is 0 Å². The zero-order valence-corrected chi connectivity index (χ0v) is 19.3. The van der Waals surface area contributed by atoms with Crippen LogP contribution in [0.5, 0.6) is 0 Å². The third kappa shape index (κ3) is 6.15. The van der Waals surface area contributed by atoms with Gasteiger partial charge in [0.1, 0.15) is 6.54 Å². The fourth-order valence-electron chi connectivity index (χ4n) is 3.50. The first-order chi connectivity index (χ1) is 12.7. The molecule has 7 nitrogen and oxygen atoms in total. The molecule has 1 fully saturated rings. The molecule has 1 aliphatic heterocycles. The van der Waals surface area contributed by atoms with Gasteiger partial charge in [0.2, 0.25) is 5.89 Å². The summed E-state index contributed by atoms with van der Waals surface area (Å²) in [6.45, 7) is 7.12. The highest BCUT2D eigenvalue weighted by Crippen LogP contribution is 2.36. The Labute approximate surface area is 182 Å². The number of nitrogens with one attached hydrogen (secondary N) is 2. The number of hydrogen-bond donors (Lipinski definition) is 2. The largest absolute Gasteiger partial charge is 0.357 e. The van der Waals surface area contributed by atoms with E-state index >= 15 is 0 Å².